The predicted octanol–water partition coefficient (Wildman–Crippen LogP) is 5.41. The van der Waals surface area contributed by atoms with Crippen molar-refractivity contribution in [1.29, 1.82) is 0 Å². The Hall–Kier alpha value is -5.66. The van der Waals surface area contributed by atoms with Crippen molar-refractivity contribution in [3.63, 3.8) is 0 Å². The van der Waals surface area contributed by atoms with Crippen LogP contribution in [0.25, 0.3) is 32.9 Å². The van der Waals surface area contributed by atoms with Crippen LogP contribution in [0.5, 0.6) is 5.88 Å². The van der Waals surface area contributed by atoms with Crippen LogP contribution in [0.3, 0.4) is 0 Å². The van der Waals surface area contributed by atoms with Gasteiger partial charge in [0.2, 0.25) is 17.7 Å². The normalized spacial score (nSPS) is 26.6. The fraction of sp³-hybridized carbons (Fsp3) is 0.458. The molecule has 3 saturated carbocycles. The summed E-state index contributed by atoms with van der Waals surface area (Å²) in [5.41, 5.74) is 7.08. The lowest BCUT2D eigenvalue weighted by Gasteiger charge is -2.65. The average molecular weight is 819 g/mol. The van der Waals surface area contributed by atoms with Crippen molar-refractivity contribution in [3.8, 4) is 17.0 Å². The van der Waals surface area contributed by atoms with Gasteiger partial charge in [0.05, 0.1) is 16.6 Å². The third-order valence-electron chi connectivity index (χ3n) is 15.6. The third-order valence-corrected chi connectivity index (χ3v) is 15.6. The first-order chi connectivity index (χ1) is 29.5. The number of hydrogen-bond acceptors (Lipinski definition) is 10. The average Bonchev–Trinajstić information content (AvgIpc) is 3.61. The molecule has 13 heteroatoms. The van der Waals surface area contributed by atoms with E-state index in [1.165, 1.54) is 67.1 Å². The van der Waals surface area contributed by atoms with Crippen LogP contribution >= 0.6 is 0 Å². The minimum atomic E-state index is -0.943. The van der Waals surface area contributed by atoms with Gasteiger partial charge >= 0.3 is 0 Å². The number of likely N-dealkylation sites (tertiary alicyclic amines) is 1. The molecule has 12 rings (SSSR count). The zero-order valence-corrected chi connectivity index (χ0v) is 34.7. The highest BCUT2D eigenvalue weighted by atomic mass is 16.5. The molecule has 1 N–H and O–H groups in total. The highest BCUT2D eigenvalue weighted by Crippen LogP contribution is 2.56. The molecule has 13 nitrogen and oxygen atoms in total. The summed E-state index contributed by atoms with van der Waals surface area (Å²) in [6.07, 6.45) is 13.4. The number of anilines is 1. The Bertz CT molecular complexity index is 2660. The Morgan fingerprint density at radius 2 is 1.57 bits per heavy atom. The molecule has 0 bridgehead atoms. The molecule has 7 aliphatic rings. The first-order valence-electron chi connectivity index (χ1n) is 22.0. The van der Waals surface area contributed by atoms with Crippen molar-refractivity contribution >= 4 is 51.1 Å². The van der Waals surface area contributed by atoms with Gasteiger partial charge in [0.1, 0.15) is 12.1 Å². The first-order valence-corrected chi connectivity index (χ1v) is 22.0. The molecule has 3 aromatic heterocycles. The molecule has 7 heterocycles. The number of fused-ring (bicyclic) bond motifs is 4. The van der Waals surface area contributed by atoms with Crippen LogP contribution in [0, 0.1) is 16.7 Å². The molecule has 2 spiro atoms. The Labute approximate surface area is 354 Å². The molecule has 1 atom stereocenters. The number of pyridine rings is 2. The zero-order valence-electron chi connectivity index (χ0n) is 34.7. The molecule has 6 fully saturated rings. The molecular weight excluding hydrogens is 769 g/mol. The van der Waals surface area contributed by atoms with Crippen molar-refractivity contribution in [2.75, 3.05) is 44.7 Å². The van der Waals surface area contributed by atoms with Gasteiger partial charge in [0.15, 0.2) is 0 Å². The van der Waals surface area contributed by atoms with Crippen LogP contribution in [0.2, 0.25) is 0 Å². The van der Waals surface area contributed by atoms with E-state index in [1.54, 1.807) is 6.07 Å². The largest absolute Gasteiger partial charge is 0.474 e. The van der Waals surface area contributed by atoms with Gasteiger partial charge in [-0.15, -0.1) is 0 Å². The number of amides is 4. The number of hydrogen-bond donors (Lipinski definition) is 1. The topological polar surface area (TPSA) is 133 Å². The number of carbonyl (C=O) groups is 4. The van der Waals surface area contributed by atoms with Gasteiger partial charge in [-0.05, 0) is 92.4 Å². The molecule has 3 saturated heterocycles. The van der Waals surface area contributed by atoms with Crippen LogP contribution in [-0.4, -0.2) is 117 Å². The van der Waals surface area contributed by atoms with E-state index in [4.69, 9.17) is 9.72 Å². The van der Waals surface area contributed by atoms with E-state index in [2.05, 4.69) is 74.0 Å². The lowest BCUT2D eigenvalue weighted by Crippen LogP contribution is -2.69. The summed E-state index contributed by atoms with van der Waals surface area (Å²) in [5.74, 6) is -0.416. The van der Waals surface area contributed by atoms with E-state index in [1.807, 2.05) is 36.8 Å². The minimum Gasteiger partial charge on any atom is -0.474 e. The number of nitrogens with zero attached hydrogens (tertiary/aromatic N) is 7. The van der Waals surface area contributed by atoms with E-state index in [9.17, 15) is 19.2 Å². The van der Waals surface area contributed by atoms with Crippen molar-refractivity contribution in [2.45, 2.75) is 75.6 Å². The summed E-state index contributed by atoms with van der Waals surface area (Å²) in [5, 5.41) is 4.64. The summed E-state index contributed by atoms with van der Waals surface area (Å²) in [7, 11) is 4.42. The van der Waals surface area contributed by atoms with Crippen molar-refractivity contribution in [1.82, 2.24) is 34.6 Å². The Morgan fingerprint density at radius 3 is 2.34 bits per heavy atom. The number of imide groups is 2. The second kappa shape index (κ2) is 13.4. The lowest BCUT2D eigenvalue weighted by molar-refractivity contribution is -0.136. The van der Waals surface area contributed by atoms with Gasteiger partial charge in [-0.2, -0.15) is 0 Å². The zero-order chi connectivity index (χ0) is 41.4. The Kier molecular flexibility index (Phi) is 8.17. The summed E-state index contributed by atoms with van der Waals surface area (Å²) in [4.78, 5) is 68.2. The maximum atomic E-state index is 13.3. The number of nitrogens with one attached hydrogen (secondary N) is 1. The number of rotatable bonds is 9. The van der Waals surface area contributed by atoms with E-state index < -0.39 is 23.8 Å². The van der Waals surface area contributed by atoms with Gasteiger partial charge in [0, 0.05) is 129 Å². The number of carbonyl (C=O) groups excluding carboxylic acids is 4. The fourth-order valence-electron chi connectivity index (χ4n) is 12.3. The maximum absolute atomic E-state index is 13.3. The van der Waals surface area contributed by atoms with Gasteiger partial charge in [-0.25, -0.2) is 4.98 Å². The molecular formula is C48H50N8O5. The predicted molar refractivity (Wildman–Crippen MR) is 229 cm³/mol. The third kappa shape index (κ3) is 5.94. The SMILES string of the molecule is CN(C1CC(Oc2ccc(-c3ccc4c5cnccc5n(C)c4c3)cn2)C1)C1CC2(C1)CN(CC1CC3(C1)CN(c1ccc4c(c1)C(=O)N(C1CCC(=O)NC1=O)C4=O)C3)C2. The second-order valence-electron chi connectivity index (χ2n) is 19.6. The summed E-state index contributed by atoms with van der Waals surface area (Å²) in [6, 6.07) is 18.5. The van der Waals surface area contributed by atoms with Crippen molar-refractivity contribution < 1.29 is 23.9 Å². The molecule has 61 heavy (non-hydrogen) atoms. The molecule has 4 amide bonds. The van der Waals surface area contributed by atoms with Gasteiger partial charge in [-0.1, -0.05) is 12.1 Å². The fourth-order valence-corrected chi connectivity index (χ4v) is 12.3. The van der Waals surface area contributed by atoms with Gasteiger partial charge < -0.3 is 24.0 Å². The van der Waals surface area contributed by atoms with Crippen LogP contribution < -0.4 is 15.0 Å². The molecule has 4 aliphatic heterocycles. The number of ether oxygens (including phenoxy) is 1. The lowest BCUT2D eigenvalue weighted by atomic mass is 9.56. The quantitative estimate of drug-likeness (QED) is 0.193. The molecule has 3 aliphatic carbocycles. The molecule has 2 aromatic carbocycles. The standard InChI is InChI=1S/C48H50N8O5/c1-52(32-14-34(15-32)61-43-10-4-30(21-50-43)29-3-6-35-38-22-49-12-11-39(38)53(2)41(35)13-29)33-19-48(20-33)24-54(25-48)23-28-17-47(18-28)26-55(27-47)31-5-7-36-37(16-31)46(60)56(45(36)59)40-8-9-42(57)51-44(40)58/h3-7,10-13,16,21-22,28,32-34,40H,8-9,14-15,17-20,23-27H2,1-2H3,(H,51,57,58). The summed E-state index contributed by atoms with van der Waals surface area (Å²) < 4.78 is 8.55. The van der Waals surface area contributed by atoms with Crippen LogP contribution in [0.15, 0.2) is 73.2 Å². The van der Waals surface area contributed by atoms with Crippen LogP contribution in [0.1, 0.15) is 72.1 Å². The van der Waals surface area contributed by atoms with E-state index in [-0.39, 0.29) is 24.9 Å². The number of piperidine rings is 1. The first kappa shape index (κ1) is 37.1. The van der Waals surface area contributed by atoms with E-state index >= 15 is 0 Å². The Balaban J connectivity index is 0.566. The highest BCUT2D eigenvalue weighted by Gasteiger charge is 2.57. The minimum absolute atomic E-state index is 0.114. The Morgan fingerprint density at radius 1 is 0.803 bits per heavy atom. The van der Waals surface area contributed by atoms with Crippen LogP contribution in [0.4, 0.5) is 5.69 Å². The van der Waals surface area contributed by atoms with E-state index in [0.29, 0.717) is 39.9 Å². The highest BCUT2D eigenvalue weighted by molar-refractivity contribution is 6.23. The van der Waals surface area contributed by atoms with Crippen LogP contribution in [-0.2, 0) is 16.6 Å². The molecule has 0 radical (unpaired) electrons. The van der Waals surface area contributed by atoms with E-state index in [0.717, 1.165) is 53.6 Å². The molecule has 5 aromatic rings. The van der Waals surface area contributed by atoms with Crippen molar-refractivity contribution in [2.24, 2.45) is 23.8 Å². The number of aryl methyl sites for hydroxylation is 1. The smallest absolute Gasteiger partial charge is 0.262 e. The second-order valence-corrected chi connectivity index (χ2v) is 19.6. The summed E-state index contributed by atoms with van der Waals surface area (Å²) >= 11 is 0. The molecule has 1 unspecified atom stereocenters. The number of benzene rings is 2. The van der Waals surface area contributed by atoms with Gasteiger partial charge in [-0.3, -0.25) is 34.4 Å². The molecule has 312 valence electrons. The summed E-state index contributed by atoms with van der Waals surface area (Å²) in [6.45, 7) is 5.60. The number of aromatic nitrogens is 3. The maximum Gasteiger partial charge on any atom is 0.262 e. The van der Waals surface area contributed by atoms with Crippen molar-refractivity contribution in [3.05, 3.63) is 84.3 Å². The monoisotopic (exact) mass is 818 g/mol. The van der Waals surface area contributed by atoms with Gasteiger partial charge in [0.25, 0.3) is 11.8 Å².